The van der Waals surface area contributed by atoms with Crippen LogP contribution in [0, 0.1) is 6.92 Å². The summed E-state index contributed by atoms with van der Waals surface area (Å²) in [5.41, 5.74) is 3.06. The third-order valence-electron chi connectivity index (χ3n) is 2.86. The van der Waals surface area contributed by atoms with Crippen LogP contribution in [0.2, 0.25) is 0 Å². The van der Waals surface area contributed by atoms with Gasteiger partial charge in [0.25, 0.3) is 0 Å². The highest BCUT2D eigenvalue weighted by atomic mass is 79.9. The van der Waals surface area contributed by atoms with Crippen LogP contribution in [0.1, 0.15) is 26.8 Å². The maximum atomic E-state index is 11.4. The Balaban J connectivity index is 2.02. The van der Waals surface area contributed by atoms with Crippen LogP contribution in [-0.4, -0.2) is 17.9 Å². The van der Waals surface area contributed by atoms with Crippen molar-refractivity contribution in [1.29, 1.82) is 0 Å². The molecule has 2 aromatic heterocycles. The van der Waals surface area contributed by atoms with Crippen molar-refractivity contribution in [2.45, 2.75) is 20.0 Å². The van der Waals surface area contributed by atoms with Gasteiger partial charge < -0.3 is 4.42 Å². The van der Waals surface area contributed by atoms with Crippen molar-refractivity contribution in [2.24, 2.45) is 5.84 Å². The van der Waals surface area contributed by atoms with Crippen molar-refractivity contribution >= 4 is 33.2 Å². The van der Waals surface area contributed by atoms with Crippen LogP contribution >= 0.6 is 27.3 Å². The Morgan fingerprint density at radius 1 is 1.50 bits per heavy atom. The molecule has 0 saturated carbocycles. The van der Waals surface area contributed by atoms with Crippen LogP contribution in [0.15, 0.2) is 26.4 Å². The van der Waals surface area contributed by atoms with E-state index >= 15 is 0 Å². The Kier molecular flexibility index (Phi) is 4.98. The number of nitrogens with two attached hydrogens (primary N) is 1. The summed E-state index contributed by atoms with van der Waals surface area (Å²) in [5, 5.41) is 2.07. The van der Waals surface area contributed by atoms with Crippen molar-refractivity contribution in [3.8, 4) is 0 Å². The standard InChI is InChI=1S/C13H16BrN3O2S/c1-8-9(3-12(19-8)13(18)16-15)5-17(2)6-11-4-10(14)7-20-11/h3-4,7H,5-6,15H2,1-2H3,(H,16,18). The molecular formula is C13H16BrN3O2S. The van der Waals surface area contributed by atoms with Crippen LogP contribution in [-0.2, 0) is 13.1 Å². The van der Waals surface area contributed by atoms with Crippen LogP contribution < -0.4 is 11.3 Å². The lowest BCUT2D eigenvalue weighted by Gasteiger charge is -2.14. The molecule has 0 spiro atoms. The molecule has 0 aliphatic heterocycles. The number of furan rings is 1. The van der Waals surface area contributed by atoms with Crippen molar-refractivity contribution in [1.82, 2.24) is 10.3 Å². The Bertz CT molecular complexity index is 609. The summed E-state index contributed by atoms with van der Waals surface area (Å²) < 4.78 is 6.50. The Morgan fingerprint density at radius 3 is 2.85 bits per heavy atom. The highest BCUT2D eigenvalue weighted by molar-refractivity contribution is 9.10. The van der Waals surface area contributed by atoms with E-state index in [2.05, 4.69) is 37.7 Å². The molecule has 0 bridgehead atoms. The van der Waals surface area contributed by atoms with E-state index in [1.54, 1.807) is 17.4 Å². The SMILES string of the molecule is Cc1oc(C(=O)NN)cc1CN(C)Cc1cc(Br)cs1. The van der Waals surface area contributed by atoms with Crippen LogP contribution in [0.25, 0.3) is 0 Å². The second-order valence-electron chi connectivity index (χ2n) is 4.57. The molecule has 0 aliphatic rings. The Morgan fingerprint density at radius 2 is 2.25 bits per heavy atom. The van der Waals surface area contributed by atoms with E-state index in [1.807, 2.05) is 14.0 Å². The van der Waals surface area contributed by atoms with Crippen molar-refractivity contribution in [3.63, 3.8) is 0 Å². The molecule has 7 heteroatoms. The summed E-state index contributed by atoms with van der Waals surface area (Å²) in [6.07, 6.45) is 0. The molecule has 0 saturated heterocycles. The fraction of sp³-hybridized carbons (Fsp3) is 0.308. The molecule has 5 nitrogen and oxygen atoms in total. The number of rotatable bonds is 5. The number of amides is 1. The molecule has 0 fully saturated rings. The molecule has 2 heterocycles. The monoisotopic (exact) mass is 357 g/mol. The number of halogens is 1. The molecule has 2 rings (SSSR count). The maximum absolute atomic E-state index is 11.4. The number of nitrogens with one attached hydrogen (secondary N) is 1. The van der Waals surface area contributed by atoms with Gasteiger partial charge in [0, 0.05) is 33.4 Å². The molecule has 0 radical (unpaired) electrons. The first-order valence-electron chi connectivity index (χ1n) is 6.01. The highest BCUT2D eigenvalue weighted by Gasteiger charge is 2.14. The fourth-order valence-electron chi connectivity index (χ4n) is 1.91. The van der Waals surface area contributed by atoms with Gasteiger partial charge in [0.1, 0.15) is 5.76 Å². The minimum atomic E-state index is -0.413. The summed E-state index contributed by atoms with van der Waals surface area (Å²) in [6.45, 7) is 3.40. The van der Waals surface area contributed by atoms with E-state index in [4.69, 9.17) is 10.3 Å². The van der Waals surface area contributed by atoms with Gasteiger partial charge in [-0.15, -0.1) is 11.3 Å². The zero-order valence-corrected chi connectivity index (χ0v) is 13.7. The van der Waals surface area contributed by atoms with E-state index < -0.39 is 5.91 Å². The van der Waals surface area contributed by atoms with Gasteiger partial charge >= 0.3 is 5.91 Å². The topological polar surface area (TPSA) is 71.5 Å². The van der Waals surface area contributed by atoms with E-state index in [9.17, 15) is 4.79 Å². The van der Waals surface area contributed by atoms with Crippen LogP contribution in [0.4, 0.5) is 0 Å². The average Bonchev–Trinajstić information content (AvgIpc) is 2.96. The van der Waals surface area contributed by atoms with Gasteiger partial charge in [-0.05, 0) is 42.0 Å². The number of hydrazine groups is 1. The maximum Gasteiger partial charge on any atom is 0.300 e. The normalized spacial score (nSPS) is 11.1. The van der Waals surface area contributed by atoms with Crippen LogP contribution in [0.5, 0.6) is 0 Å². The molecule has 0 unspecified atom stereocenters. The second-order valence-corrected chi connectivity index (χ2v) is 6.48. The summed E-state index contributed by atoms with van der Waals surface area (Å²) in [5.74, 6) is 5.66. The van der Waals surface area contributed by atoms with E-state index in [-0.39, 0.29) is 5.76 Å². The molecule has 2 aromatic rings. The summed E-state index contributed by atoms with van der Waals surface area (Å²) in [4.78, 5) is 14.9. The minimum Gasteiger partial charge on any atom is -0.456 e. The largest absolute Gasteiger partial charge is 0.456 e. The number of aryl methyl sites for hydroxylation is 1. The molecule has 0 atom stereocenters. The molecule has 3 N–H and O–H groups in total. The first kappa shape index (κ1) is 15.2. The number of thiophene rings is 1. The molecule has 20 heavy (non-hydrogen) atoms. The first-order chi connectivity index (χ1) is 9.49. The van der Waals surface area contributed by atoms with Gasteiger partial charge in [-0.25, -0.2) is 5.84 Å². The van der Waals surface area contributed by atoms with E-state index in [1.165, 1.54) is 4.88 Å². The van der Waals surface area contributed by atoms with Gasteiger partial charge in [-0.1, -0.05) is 0 Å². The zero-order chi connectivity index (χ0) is 14.7. The lowest BCUT2D eigenvalue weighted by atomic mass is 10.2. The van der Waals surface area contributed by atoms with Crippen molar-refractivity contribution in [3.05, 3.63) is 43.9 Å². The van der Waals surface area contributed by atoms with Gasteiger partial charge in [0.05, 0.1) is 0 Å². The molecule has 0 aromatic carbocycles. The predicted octanol–water partition coefficient (Wildman–Crippen LogP) is 2.65. The quantitative estimate of drug-likeness (QED) is 0.490. The zero-order valence-electron chi connectivity index (χ0n) is 11.3. The summed E-state index contributed by atoms with van der Waals surface area (Å²) >= 11 is 5.16. The summed E-state index contributed by atoms with van der Waals surface area (Å²) in [6, 6.07) is 3.84. The predicted molar refractivity (Wildman–Crippen MR) is 82.3 cm³/mol. The Hall–Kier alpha value is -1.15. The van der Waals surface area contributed by atoms with Crippen LogP contribution in [0.3, 0.4) is 0 Å². The van der Waals surface area contributed by atoms with Gasteiger partial charge in [0.2, 0.25) is 0 Å². The third kappa shape index (κ3) is 3.69. The van der Waals surface area contributed by atoms with E-state index in [0.29, 0.717) is 6.54 Å². The number of nitrogens with zero attached hydrogens (tertiary/aromatic N) is 1. The van der Waals surface area contributed by atoms with Gasteiger partial charge in [-0.3, -0.25) is 15.1 Å². The van der Waals surface area contributed by atoms with Crippen molar-refractivity contribution < 1.29 is 9.21 Å². The molecular weight excluding hydrogens is 342 g/mol. The lowest BCUT2D eigenvalue weighted by Crippen LogP contribution is -2.29. The molecule has 1 amide bonds. The van der Waals surface area contributed by atoms with Crippen molar-refractivity contribution in [2.75, 3.05) is 7.05 Å². The van der Waals surface area contributed by atoms with Gasteiger partial charge in [0.15, 0.2) is 5.76 Å². The number of hydrogen-bond donors (Lipinski definition) is 2. The second kappa shape index (κ2) is 6.53. The third-order valence-corrected chi connectivity index (χ3v) is 4.55. The lowest BCUT2D eigenvalue weighted by molar-refractivity contribution is 0.0924. The number of hydrogen-bond acceptors (Lipinski definition) is 5. The number of carbonyl (C=O) groups excluding carboxylic acids is 1. The summed E-state index contributed by atoms with van der Waals surface area (Å²) in [7, 11) is 2.03. The molecule has 108 valence electrons. The van der Waals surface area contributed by atoms with E-state index in [0.717, 1.165) is 22.3 Å². The average molecular weight is 358 g/mol. The van der Waals surface area contributed by atoms with Gasteiger partial charge in [-0.2, -0.15) is 0 Å². The first-order valence-corrected chi connectivity index (χ1v) is 7.68. The molecule has 0 aliphatic carbocycles. The number of carbonyl (C=O) groups is 1. The fourth-order valence-corrected chi connectivity index (χ4v) is 3.44. The highest BCUT2D eigenvalue weighted by Crippen LogP contribution is 2.22. The number of nitrogen functional groups attached to an aromatic ring is 1. The minimum absolute atomic E-state index is 0.243. The Labute approximate surface area is 129 Å². The smallest absolute Gasteiger partial charge is 0.300 e.